The monoisotopic (exact) mass is 429 g/mol. The molecule has 1 aliphatic heterocycles. The number of thioether (sulfide) groups is 1. The Labute approximate surface area is 182 Å². The Bertz CT molecular complexity index is 762. The largest absolute Gasteiger partial charge is 0.340 e. The van der Waals surface area contributed by atoms with Gasteiger partial charge in [0.1, 0.15) is 0 Å². The van der Waals surface area contributed by atoms with Crippen LogP contribution in [0.2, 0.25) is 0 Å². The maximum Gasteiger partial charge on any atom is 0.240 e. The maximum atomic E-state index is 13.4. The first-order chi connectivity index (χ1) is 14.2. The molecule has 2 aromatic heterocycles. The summed E-state index contributed by atoms with van der Waals surface area (Å²) in [6.07, 6.45) is 9.48. The summed E-state index contributed by atoms with van der Waals surface area (Å²) in [7, 11) is 1.96. The number of hydrogen-bond donors (Lipinski definition) is 0. The minimum Gasteiger partial charge on any atom is -0.340 e. The van der Waals surface area contributed by atoms with Crippen molar-refractivity contribution in [3.05, 3.63) is 46.8 Å². The number of likely N-dealkylation sites (N-methyl/N-ethyl adjacent to an activating group) is 1. The zero-order valence-corrected chi connectivity index (χ0v) is 18.8. The van der Waals surface area contributed by atoms with Crippen molar-refractivity contribution in [2.24, 2.45) is 5.92 Å². The van der Waals surface area contributed by atoms with Crippen LogP contribution in [0.3, 0.4) is 0 Å². The molecule has 2 atom stereocenters. The van der Waals surface area contributed by atoms with Crippen LogP contribution in [0.25, 0.3) is 0 Å². The minimum atomic E-state index is 0.00164. The second kappa shape index (κ2) is 10.1. The normalized spacial score (nSPS) is 23.3. The highest BCUT2D eigenvalue weighted by atomic mass is 32.2. The number of carbonyl (C=O) groups is 1. The van der Waals surface area contributed by atoms with Crippen molar-refractivity contribution in [2.75, 3.05) is 20.1 Å². The Hall–Kier alpha value is -1.37. The molecule has 1 amide bonds. The van der Waals surface area contributed by atoms with E-state index in [9.17, 15) is 4.79 Å². The van der Waals surface area contributed by atoms with Crippen LogP contribution in [0.5, 0.6) is 0 Å². The standard InChI is InChI=1S/C23H31N3OS2/c1-25(14-19-10-12-28-17-19)23(27)21-13-20(29-22-9-5-6-11-24-22)16-26(21)15-18-7-3-2-4-8-18/h5-6,9-12,17-18,20-21H,2-4,7-8,13-16H2,1H3/t20-,21+/m1/s1. The molecule has 4 nitrogen and oxygen atoms in total. The SMILES string of the molecule is CN(Cc1ccsc1)C(=O)[C@@H]1C[C@@H](Sc2ccccn2)CN1CC1CCCCC1. The van der Waals surface area contributed by atoms with Crippen LogP contribution < -0.4 is 0 Å². The molecular weight excluding hydrogens is 398 g/mol. The highest BCUT2D eigenvalue weighted by Crippen LogP contribution is 2.35. The van der Waals surface area contributed by atoms with Gasteiger partial charge in [-0.3, -0.25) is 9.69 Å². The second-order valence-electron chi connectivity index (χ2n) is 8.44. The highest BCUT2D eigenvalue weighted by Gasteiger charge is 2.39. The minimum absolute atomic E-state index is 0.00164. The zero-order chi connectivity index (χ0) is 20.1. The van der Waals surface area contributed by atoms with E-state index in [1.165, 1.54) is 37.7 Å². The fraction of sp³-hybridized carbons (Fsp3) is 0.565. The van der Waals surface area contributed by atoms with E-state index in [2.05, 4.69) is 32.8 Å². The quantitative estimate of drug-likeness (QED) is 0.626. The first-order valence-electron chi connectivity index (χ1n) is 10.8. The van der Waals surface area contributed by atoms with E-state index in [4.69, 9.17) is 0 Å². The van der Waals surface area contributed by atoms with E-state index in [1.807, 2.05) is 42.0 Å². The summed E-state index contributed by atoms with van der Waals surface area (Å²) in [4.78, 5) is 22.3. The van der Waals surface area contributed by atoms with Crippen LogP contribution >= 0.6 is 23.1 Å². The van der Waals surface area contributed by atoms with Crippen LogP contribution in [0.15, 0.2) is 46.2 Å². The topological polar surface area (TPSA) is 36.4 Å². The molecule has 2 fully saturated rings. The van der Waals surface area contributed by atoms with Crippen molar-refractivity contribution in [3.8, 4) is 0 Å². The van der Waals surface area contributed by atoms with Gasteiger partial charge in [-0.1, -0.05) is 25.3 Å². The fourth-order valence-electron chi connectivity index (χ4n) is 4.68. The van der Waals surface area contributed by atoms with Gasteiger partial charge in [-0.05, 0) is 59.7 Å². The molecule has 0 aromatic carbocycles. The summed E-state index contributed by atoms with van der Waals surface area (Å²) in [5.74, 6) is 1.02. The van der Waals surface area contributed by atoms with Crippen LogP contribution in [0.4, 0.5) is 0 Å². The number of nitrogens with zero attached hydrogens (tertiary/aromatic N) is 3. The Morgan fingerprint density at radius 2 is 2.14 bits per heavy atom. The number of thiophene rings is 1. The lowest BCUT2D eigenvalue weighted by atomic mass is 9.89. The van der Waals surface area contributed by atoms with E-state index < -0.39 is 0 Å². The van der Waals surface area contributed by atoms with Gasteiger partial charge < -0.3 is 4.90 Å². The number of hydrogen-bond acceptors (Lipinski definition) is 5. The van der Waals surface area contributed by atoms with Gasteiger partial charge in [0.15, 0.2) is 0 Å². The number of pyridine rings is 1. The van der Waals surface area contributed by atoms with E-state index in [-0.39, 0.29) is 11.9 Å². The Morgan fingerprint density at radius 3 is 2.86 bits per heavy atom. The van der Waals surface area contributed by atoms with Crippen LogP contribution in [0, 0.1) is 5.92 Å². The summed E-state index contributed by atoms with van der Waals surface area (Å²) in [6, 6.07) is 8.19. The second-order valence-corrected chi connectivity index (χ2v) is 10.5. The molecule has 3 heterocycles. The van der Waals surface area contributed by atoms with E-state index >= 15 is 0 Å². The van der Waals surface area contributed by atoms with Crippen molar-refractivity contribution < 1.29 is 4.79 Å². The molecule has 1 saturated heterocycles. The average molecular weight is 430 g/mol. The number of amides is 1. The van der Waals surface area contributed by atoms with Crippen molar-refractivity contribution in [1.82, 2.24) is 14.8 Å². The Kier molecular flexibility index (Phi) is 7.27. The van der Waals surface area contributed by atoms with Gasteiger partial charge in [0.25, 0.3) is 0 Å². The molecule has 29 heavy (non-hydrogen) atoms. The third-order valence-corrected chi connectivity index (χ3v) is 8.06. The summed E-state index contributed by atoms with van der Waals surface area (Å²) < 4.78 is 0. The third kappa shape index (κ3) is 5.62. The molecule has 0 spiro atoms. The molecule has 6 heteroatoms. The van der Waals surface area contributed by atoms with Crippen molar-refractivity contribution in [2.45, 2.75) is 61.4 Å². The molecule has 0 unspecified atom stereocenters. The summed E-state index contributed by atoms with van der Waals surface area (Å²) in [5.41, 5.74) is 1.22. The first-order valence-corrected chi connectivity index (χ1v) is 12.6. The first kappa shape index (κ1) is 20.9. The lowest BCUT2D eigenvalue weighted by molar-refractivity contribution is -0.135. The van der Waals surface area contributed by atoms with Crippen molar-refractivity contribution >= 4 is 29.0 Å². The lowest BCUT2D eigenvalue weighted by Gasteiger charge is -2.32. The molecule has 0 bridgehead atoms. The van der Waals surface area contributed by atoms with Crippen molar-refractivity contribution in [1.29, 1.82) is 0 Å². The van der Waals surface area contributed by atoms with E-state index in [0.29, 0.717) is 11.8 Å². The van der Waals surface area contributed by atoms with Gasteiger partial charge in [-0.15, -0.1) is 11.8 Å². The smallest absolute Gasteiger partial charge is 0.240 e. The number of rotatable bonds is 7. The van der Waals surface area contributed by atoms with E-state index in [0.717, 1.165) is 30.5 Å². The highest BCUT2D eigenvalue weighted by molar-refractivity contribution is 7.99. The lowest BCUT2D eigenvalue weighted by Crippen LogP contribution is -2.45. The number of carbonyl (C=O) groups excluding carboxylic acids is 1. The molecule has 1 aliphatic carbocycles. The average Bonchev–Trinajstić information content (AvgIpc) is 3.39. The zero-order valence-electron chi connectivity index (χ0n) is 17.2. The van der Waals surface area contributed by atoms with Gasteiger partial charge in [0.05, 0.1) is 11.1 Å². The maximum absolute atomic E-state index is 13.4. The van der Waals surface area contributed by atoms with Crippen LogP contribution in [-0.4, -0.2) is 52.1 Å². The van der Waals surface area contributed by atoms with Crippen LogP contribution in [0.1, 0.15) is 44.1 Å². The Morgan fingerprint density at radius 1 is 1.28 bits per heavy atom. The van der Waals surface area contributed by atoms with Gasteiger partial charge >= 0.3 is 0 Å². The van der Waals surface area contributed by atoms with Gasteiger partial charge in [-0.25, -0.2) is 4.98 Å². The van der Waals surface area contributed by atoms with Gasteiger partial charge in [0.2, 0.25) is 5.91 Å². The summed E-state index contributed by atoms with van der Waals surface area (Å²) >= 11 is 3.53. The number of aromatic nitrogens is 1. The molecule has 0 N–H and O–H groups in total. The summed E-state index contributed by atoms with van der Waals surface area (Å²) in [6.45, 7) is 2.76. The fourth-order valence-corrected chi connectivity index (χ4v) is 6.51. The predicted molar refractivity (Wildman–Crippen MR) is 121 cm³/mol. The molecule has 2 aromatic rings. The molecule has 4 rings (SSSR count). The van der Waals surface area contributed by atoms with Crippen molar-refractivity contribution in [3.63, 3.8) is 0 Å². The molecule has 2 aliphatic rings. The third-order valence-electron chi connectivity index (χ3n) is 6.17. The summed E-state index contributed by atoms with van der Waals surface area (Å²) in [5, 5.41) is 5.71. The van der Waals surface area contributed by atoms with E-state index in [1.54, 1.807) is 11.3 Å². The Balaban J connectivity index is 1.43. The van der Waals surface area contributed by atoms with Gasteiger partial charge in [-0.2, -0.15) is 11.3 Å². The number of likely N-dealkylation sites (tertiary alicyclic amines) is 1. The molecular formula is C23H31N3OS2. The van der Waals surface area contributed by atoms with Crippen LogP contribution in [-0.2, 0) is 11.3 Å². The van der Waals surface area contributed by atoms with Gasteiger partial charge in [0, 0.05) is 38.1 Å². The molecule has 0 radical (unpaired) electrons. The molecule has 156 valence electrons. The molecule has 1 saturated carbocycles. The predicted octanol–water partition coefficient (Wildman–Crippen LogP) is 4.92.